The van der Waals surface area contributed by atoms with Gasteiger partial charge in [-0.2, -0.15) is 0 Å². The summed E-state index contributed by atoms with van der Waals surface area (Å²) in [7, 11) is 3.02. The Balaban J connectivity index is 2.01. The fraction of sp³-hybridized carbons (Fsp3) is 0.111. The van der Waals surface area contributed by atoms with Crippen LogP contribution in [0.2, 0.25) is 5.02 Å². The maximum Gasteiger partial charge on any atom is 0.363 e. The smallest absolute Gasteiger partial charge is 0.363 e. The molecule has 0 aromatic heterocycles. The van der Waals surface area contributed by atoms with Crippen molar-refractivity contribution in [1.82, 2.24) is 0 Å². The fourth-order valence-corrected chi connectivity index (χ4v) is 2.60. The highest BCUT2D eigenvalue weighted by Gasteiger charge is 2.27. The minimum absolute atomic E-state index is 0.0102. The molecule has 0 atom stereocenters. The average molecular weight is 389 g/mol. The molecule has 27 heavy (non-hydrogen) atoms. The van der Waals surface area contributed by atoms with Gasteiger partial charge in [0.1, 0.15) is 11.5 Å². The molecule has 0 saturated heterocycles. The third-order valence-corrected chi connectivity index (χ3v) is 4.07. The van der Waals surface area contributed by atoms with Crippen LogP contribution in [0.5, 0.6) is 11.5 Å². The third kappa shape index (κ3) is 3.75. The number of hydrogen-bond acceptors (Lipinski definition) is 7. The Labute approximate surface area is 158 Å². The second-order valence-corrected chi connectivity index (χ2v) is 5.77. The quantitative estimate of drug-likeness (QED) is 0.335. The third-order valence-electron chi connectivity index (χ3n) is 3.74. The van der Waals surface area contributed by atoms with Crippen molar-refractivity contribution in [1.29, 1.82) is 0 Å². The topological polar surface area (TPSA) is 100 Å². The number of halogens is 1. The first-order chi connectivity index (χ1) is 12.9. The summed E-state index contributed by atoms with van der Waals surface area (Å²) >= 11 is 6.07. The molecule has 1 aliphatic rings. The molecule has 2 aromatic carbocycles. The molecule has 9 heteroatoms. The van der Waals surface area contributed by atoms with Crippen LogP contribution >= 0.6 is 11.6 Å². The SMILES string of the molecule is COc1ccc(C=C2N=C(c3cc([N+](=O)[O-])ccc3Cl)OC2=O)c(OC)c1. The van der Waals surface area contributed by atoms with E-state index >= 15 is 0 Å². The Morgan fingerprint density at radius 2 is 1.96 bits per heavy atom. The summed E-state index contributed by atoms with van der Waals surface area (Å²) < 4.78 is 15.6. The molecule has 0 bridgehead atoms. The normalized spacial score (nSPS) is 14.7. The molecule has 0 aliphatic carbocycles. The Morgan fingerprint density at radius 3 is 2.63 bits per heavy atom. The minimum atomic E-state index is -0.703. The molecular weight excluding hydrogens is 376 g/mol. The number of rotatable bonds is 5. The molecule has 8 nitrogen and oxygen atoms in total. The summed E-state index contributed by atoms with van der Waals surface area (Å²) in [6, 6.07) is 8.87. The van der Waals surface area contributed by atoms with Crippen LogP contribution < -0.4 is 9.47 Å². The summed E-state index contributed by atoms with van der Waals surface area (Å²) in [5, 5.41) is 11.1. The van der Waals surface area contributed by atoms with Gasteiger partial charge in [0, 0.05) is 23.8 Å². The number of carbonyl (C=O) groups is 1. The molecule has 0 unspecified atom stereocenters. The monoisotopic (exact) mass is 388 g/mol. The lowest BCUT2D eigenvalue weighted by atomic mass is 10.1. The van der Waals surface area contributed by atoms with E-state index in [1.807, 2.05) is 0 Å². The molecule has 0 radical (unpaired) electrons. The van der Waals surface area contributed by atoms with Crippen molar-refractivity contribution in [3.63, 3.8) is 0 Å². The number of cyclic esters (lactones) is 1. The van der Waals surface area contributed by atoms with Crippen LogP contribution in [0.1, 0.15) is 11.1 Å². The Kier molecular flexibility index (Phi) is 5.09. The molecule has 0 fully saturated rings. The van der Waals surface area contributed by atoms with Crippen LogP contribution in [0, 0.1) is 10.1 Å². The minimum Gasteiger partial charge on any atom is -0.497 e. The van der Waals surface area contributed by atoms with Crippen molar-refractivity contribution in [2.24, 2.45) is 4.99 Å². The molecule has 1 aliphatic heterocycles. The van der Waals surface area contributed by atoms with Gasteiger partial charge in [0.05, 0.1) is 29.7 Å². The summed E-state index contributed by atoms with van der Waals surface area (Å²) in [4.78, 5) is 26.7. The first-order valence-corrected chi connectivity index (χ1v) is 7.99. The number of non-ortho nitro benzene ring substituents is 1. The van der Waals surface area contributed by atoms with E-state index in [-0.39, 0.29) is 27.9 Å². The molecule has 0 amide bonds. The number of nitrogens with zero attached hydrogens (tertiary/aromatic N) is 2. The maximum atomic E-state index is 12.2. The molecule has 0 spiro atoms. The van der Waals surface area contributed by atoms with Crippen LogP contribution in [0.15, 0.2) is 47.1 Å². The van der Waals surface area contributed by atoms with E-state index in [9.17, 15) is 14.9 Å². The zero-order valence-electron chi connectivity index (χ0n) is 14.3. The van der Waals surface area contributed by atoms with Crippen LogP contribution in [0.3, 0.4) is 0 Å². The van der Waals surface area contributed by atoms with Gasteiger partial charge in [-0.1, -0.05) is 11.6 Å². The first kappa shape index (κ1) is 18.4. The number of carbonyl (C=O) groups excluding carboxylic acids is 1. The van der Waals surface area contributed by atoms with E-state index in [1.165, 1.54) is 38.5 Å². The van der Waals surface area contributed by atoms with Crippen molar-refractivity contribution in [3.8, 4) is 11.5 Å². The molecule has 1 heterocycles. The van der Waals surface area contributed by atoms with Gasteiger partial charge in [-0.15, -0.1) is 0 Å². The maximum absolute atomic E-state index is 12.2. The van der Waals surface area contributed by atoms with E-state index in [0.29, 0.717) is 17.1 Å². The van der Waals surface area contributed by atoms with Gasteiger partial charge in [-0.05, 0) is 24.3 Å². The number of benzene rings is 2. The highest BCUT2D eigenvalue weighted by molar-refractivity contribution is 6.34. The standard InChI is InChI=1S/C18H13ClN2O6/c1-25-12-5-3-10(16(9-12)26-2)7-15-18(22)27-17(20-15)13-8-11(21(23)24)4-6-14(13)19/h3-9H,1-2H3. The Bertz CT molecular complexity index is 999. The van der Waals surface area contributed by atoms with Crippen molar-refractivity contribution < 1.29 is 23.9 Å². The summed E-state index contributed by atoms with van der Waals surface area (Å²) in [6.07, 6.45) is 1.48. The van der Waals surface area contributed by atoms with Gasteiger partial charge in [-0.25, -0.2) is 9.79 Å². The van der Waals surface area contributed by atoms with Gasteiger partial charge < -0.3 is 14.2 Å². The molecule has 0 saturated carbocycles. The molecule has 0 N–H and O–H groups in total. The number of ether oxygens (including phenoxy) is 3. The van der Waals surface area contributed by atoms with Crippen LogP contribution in [-0.2, 0) is 9.53 Å². The molecular formula is C18H13ClN2O6. The molecule has 3 rings (SSSR count). The second kappa shape index (κ2) is 7.46. The van der Waals surface area contributed by atoms with Gasteiger partial charge in [0.25, 0.3) is 5.69 Å². The summed E-state index contributed by atoms with van der Waals surface area (Å²) in [6.45, 7) is 0. The highest BCUT2D eigenvalue weighted by atomic mass is 35.5. The lowest BCUT2D eigenvalue weighted by molar-refractivity contribution is -0.384. The fourth-order valence-electron chi connectivity index (χ4n) is 2.40. The van der Waals surface area contributed by atoms with Gasteiger partial charge in [0.15, 0.2) is 5.70 Å². The zero-order chi connectivity index (χ0) is 19.6. The number of hydrogen-bond donors (Lipinski definition) is 0. The van der Waals surface area contributed by atoms with Gasteiger partial charge in [-0.3, -0.25) is 10.1 Å². The van der Waals surface area contributed by atoms with E-state index in [0.717, 1.165) is 0 Å². The van der Waals surface area contributed by atoms with E-state index < -0.39 is 10.9 Å². The zero-order valence-corrected chi connectivity index (χ0v) is 15.0. The van der Waals surface area contributed by atoms with Crippen molar-refractivity contribution >= 4 is 35.2 Å². The predicted octanol–water partition coefficient (Wildman–Crippen LogP) is 3.61. The van der Waals surface area contributed by atoms with Crippen molar-refractivity contribution in [2.45, 2.75) is 0 Å². The summed E-state index contributed by atoms with van der Waals surface area (Å²) in [5.74, 6) is 0.264. The van der Waals surface area contributed by atoms with E-state index in [2.05, 4.69) is 4.99 Å². The highest BCUT2D eigenvalue weighted by Crippen LogP contribution is 2.30. The van der Waals surface area contributed by atoms with Gasteiger partial charge in [0.2, 0.25) is 5.90 Å². The number of esters is 1. The number of nitro benzene ring substituents is 1. The molecule has 2 aromatic rings. The number of aliphatic imine (C=N–C) groups is 1. The second-order valence-electron chi connectivity index (χ2n) is 5.37. The number of methoxy groups -OCH3 is 2. The molecule has 138 valence electrons. The van der Waals surface area contributed by atoms with Crippen LogP contribution in [0.25, 0.3) is 6.08 Å². The van der Waals surface area contributed by atoms with E-state index in [4.69, 9.17) is 25.8 Å². The summed E-state index contributed by atoms with van der Waals surface area (Å²) in [5.41, 5.74) is 0.558. The van der Waals surface area contributed by atoms with Crippen LogP contribution in [0.4, 0.5) is 5.69 Å². The van der Waals surface area contributed by atoms with Crippen LogP contribution in [-0.4, -0.2) is 31.0 Å². The van der Waals surface area contributed by atoms with Crippen molar-refractivity contribution in [3.05, 3.63) is 68.4 Å². The average Bonchev–Trinajstić information content (AvgIpc) is 3.02. The lowest BCUT2D eigenvalue weighted by Crippen LogP contribution is -2.06. The largest absolute Gasteiger partial charge is 0.497 e. The van der Waals surface area contributed by atoms with Crippen molar-refractivity contribution in [2.75, 3.05) is 14.2 Å². The Morgan fingerprint density at radius 1 is 1.19 bits per heavy atom. The number of nitro groups is 1. The Hall–Kier alpha value is -3.39. The van der Waals surface area contributed by atoms with E-state index in [1.54, 1.807) is 18.2 Å². The lowest BCUT2D eigenvalue weighted by Gasteiger charge is -2.07. The van der Waals surface area contributed by atoms with Gasteiger partial charge >= 0.3 is 5.97 Å². The first-order valence-electron chi connectivity index (χ1n) is 7.62. The predicted molar refractivity (Wildman–Crippen MR) is 98.3 cm³/mol.